The average Bonchev–Trinajstić information content (AvgIpc) is 3.35. The zero-order valence-electron chi connectivity index (χ0n) is 28.4. The van der Waals surface area contributed by atoms with Gasteiger partial charge < -0.3 is 9.64 Å². The standard InChI is InChI=1S/C50H33NO/c1-3-12-34(13-4-1)36-22-25-41(26-23-36)51(42-27-24-35-14-7-8-17-38(35)30-42)43-28-29-45-47-31-39-18-9-10-19-40(39)32-48(47)46-21-11-20-44(37-15-5-2-6-16-37)50(46)52-49(45)33-43/h1-33H. The lowest BCUT2D eigenvalue weighted by atomic mass is 9.90. The van der Waals surface area contributed by atoms with Crippen LogP contribution in [0.3, 0.4) is 0 Å². The van der Waals surface area contributed by atoms with Crippen molar-refractivity contribution in [3.05, 3.63) is 200 Å². The molecule has 0 saturated heterocycles. The molecule has 2 heteroatoms. The van der Waals surface area contributed by atoms with Crippen LogP contribution in [0.5, 0.6) is 11.5 Å². The second-order valence-corrected chi connectivity index (χ2v) is 13.4. The molecule has 9 aromatic carbocycles. The fraction of sp³-hybridized carbons (Fsp3) is 0. The topological polar surface area (TPSA) is 12.5 Å². The van der Waals surface area contributed by atoms with E-state index in [1.54, 1.807) is 0 Å². The molecule has 244 valence electrons. The summed E-state index contributed by atoms with van der Waals surface area (Å²) in [5.41, 5.74) is 12.2. The van der Waals surface area contributed by atoms with E-state index in [2.05, 4.69) is 205 Å². The van der Waals surface area contributed by atoms with E-state index in [1.165, 1.54) is 38.2 Å². The first-order chi connectivity index (χ1) is 25.8. The Morgan fingerprint density at radius 3 is 1.52 bits per heavy atom. The lowest BCUT2D eigenvalue weighted by Crippen LogP contribution is -2.10. The molecule has 9 aromatic rings. The van der Waals surface area contributed by atoms with Crippen LogP contribution in [0.1, 0.15) is 0 Å². The largest absolute Gasteiger partial charge is 0.455 e. The van der Waals surface area contributed by atoms with Crippen molar-refractivity contribution in [3.63, 3.8) is 0 Å². The Balaban J connectivity index is 1.19. The molecule has 0 radical (unpaired) electrons. The van der Waals surface area contributed by atoms with Gasteiger partial charge in [-0.1, -0.05) is 146 Å². The minimum absolute atomic E-state index is 0.822. The summed E-state index contributed by atoms with van der Waals surface area (Å²) < 4.78 is 7.18. The highest BCUT2D eigenvalue weighted by atomic mass is 16.5. The van der Waals surface area contributed by atoms with Crippen molar-refractivity contribution < 1.29 is 4.74 Å². The van der Waals surface area contributed by atoms with Crippen LogP contribution in [0.2, 0.25) is 0 Å². The van der Waals surface area contributed by atoms with Crippen LogP contribution in [-0.4, -0.2) is 0 Å². The number of rotatable bonds is 5. The van der Waals surface area contributed by atoms with Crippen LogP contribution in [0, 0.1) is 0 Å². The smallest absolute Gasteiger partial charge is 0.143 e. The third kappa shape index (κ3) is 5.21. The van der Waals surface area contributed by atoms with Gasteiger partial charge in [-0.25, -0.2) is 0 Å². The van der Waals surface area contributed by atoms with Crippen LogP contribution in [-0.2, 0) is 0 Å². The summed E-state index contributed by atoms with van der Waals surface area (Å²) in [6, 6.07) is 71.6. The Kier molecular flexibility index (Phi) is 7.18. The molecule has 0 atom stereocenters. The molecule has 0 unspecified atom stereocenters. The zero-order chi connectivity index (χ0) is 34.4. The van der Waals surface area contributed by atoms with Crippen molar-refractivity contribution in [2.45, 2.75) is 0 Å². The number of anilines is 3. The molecule has 1 aliphatic heterocycles. The Hall–Kier alpha value is -6.90. The fourth-order valence-corrected chi connectivity index (χ4v) is 7.65. The van der Waals surface area contributed by atoms with Gasteiger partial charge in [-0.3, -0.25) is 0 Å². The Labute approximate surface area is 303 Å². The van der Waals surface area contributed by atoms with E-state index < -0.39 is 0 Å². The van der Waals surface area contributed by atoms with E-state index in [9.17, 15) is 0 Å². The number of benzene rings is 9. The lowest BCUT2D eigenvalue weighted by molar-refractivity contribution is 0.489. The maximum atomic E-state index is 7.18. The second kappa shape index (κ2) is 12.5. The molecule has 10 rings (SSSR count). The SMILES string of the molecule is c1ccc(-c2ccc(N(c3ccc4c(c3)Oc3c(-c5ccccc5)cccc3-c3cc5ccccc5cc3-4)c3ccc4ccccc4c3)cc2)cc1. The summed E-state index contributed by atoms with van der Waals surface area (Å²) >= 11 is 0. The molecular formula is C50H33NO. The summed E-state index contributed by atoms with van der Waals surface area (Å²) in [6.45, 7) is 0. The first-order valence-electron chi connectivity index (χ1n) is 17.8. The van der Waals surface area contributed by atoms with Crippen LogP contribution >= 0.6 is 0 Å². The molecule has 0 fully saturated rings. The van der Waals surface area contributed by atoms with E-state index >= 15 is 0 Å². The number of hydrogen-bond acceptors (Lipinski definition) is 2. The van der Waals surface area contributed by atoms with E-state index in [4.69, 9.17) is 4.74 Å². The van der Waals surface area contributed by atoms with Gasteiger partial charge >= 0.3 is 0 Å². The first-order valence-corrected chi connectivity index (χ1v) is 17.8. The molecule has 0 amide bonds. The van der Waals surface area contributed by atoms with Crippen molar-refractivity contribution >= 4 is 38.6 Å². The van der Waals surface area contributed by atoms with Crippen LogP contribution < -0.4 is 9.64 Å². The minimum Gasteiger partial charge on any atom is -0.455 e. The Bertz CT molecular complexity index is 2750. The highest BCUT2D eigenvalue weighted by Crippen LogP contribution is 2.52. The summed E-state index contributed by atoms with van der Waals surface area (Å²) in [4.78, 5) is 2.33. The van der Waals surface area contributed by atoms with E-state index in [-0.39, 0.29) is 0 Å². The number of para-hydroxylation sites is 1. The zero-order valence-corrected chi connectivity index (χ0v) is 28.4. The van der Waals surface area contributed by atoms with Crippen LogP contribution in [0.25, 0.3) is 66.1 Å². The molecule has 1 aliphatic rings. The number of hydrogen-bond donors (Lipinski definition) is 0. The molecule has 0 bridgehead atoms. The summed E-state index contributed by atoms with van der Waals surface area (Å²) in [7, 11) is 0. The van der Waals surface area contributed by atoms with E-state index in [0.29, 0.717) is 0 Å². The van der Waals surface area contributed by atoms with Crippen LogP contribution in [0.15, 0.2) is 200 Å². The van der Waals surface area contributed by atoms with Crippen molar-refractivity contribution in [1.29, 1.82) is 0 Å². The molecule has 0 spiro atoms. The third-order valence-electron chi connectivity index (χ3n) is 10.2. The predicted octanol–water partition coefficient (Wildman–Crippen LogP) is 14.2. The van der Waals surface area contributed by atoms with Crippen LogP contribution in [0.4, 0.5) is 17.1 Å². The molecule has 2 nitrogen and oxygen atoms in total. The highest BCUT2D eigenvalue weighted by Gasteiger charge is 2.26. The predicted molar refractivity (Wildman–Crippen MR) is 218 cm³/mol. The van der Waals surface area contributed by atoms with Crippen molar-refractivity contribution in [3.8, 4) is 56.0 Å². The van der Waals surface area contributed by atoms with E-state index in [1.807, 2.05) is 0 Å². The average molecular weight is 664 g/mol. The molecule has 0 aliphatic carbocycles. The lowest BCUT2D eigenvalue weighted by Gasteiger charge is -2.27. The van der Waals surface area contributed by atoms with Gasteiger partial charge in [0.1, 0.15) is 11.5 Å². The van der Waals surface area contributed by atoms with Gasteiger partial charge in [-0.2, -0.15) is 0 Å². The Morgan fingerprint density at radius 2 is 0.808 bits per heavy atom. The third-order valence-corrected chi connectivity index (χ3v) is 10.2. The minimum atomic E-state index is 0.822. The van der Waals surface area contributed by atoms with Crippen molar-refractivity contribution in [1.82, 2.24) is 0 Å². The van der Waals surface area contributed by atoms with Gasteiger partial charge in [0.15, 0.2) is 0 Å². The maximum absolute atomic E-state index is 7.18. The highest BCUT2D eigenvalue weighted by molar-refractivity contribution is 6.02. The summed E-state index contributed by atoms with van der Waals surface area (Å²) in [5, 5.41) is 4.82. The second-order valence-electron chi connectivity index (χ2n) is 13.4. The number of ether oxygens (including phenoxy) is 1. The molecule has 52 heavy (non-hydrogen) atoms. The van der Waals surface area contributed by atoms with Gasteiger partial charge in [-0.15, -0.1) is 0 Å². The van der Waals surface area contributed by atoms with Gasteiger partial charge in [-0.05, 0) is 97.9 Å². The normalized spacial score (nSPS) is 11.6. The molecular weight excluding hydrogens is 631 g/mol. The van der Waals surface area contributed by atoms with E-state index in [0.717, 1.165) is 56.4 Å². The summed E-state index contributed by atoms with van der Waals surface area (Å²) in [6.07, 6.45) is 0. The van der Waals surface area contributed by atoms with Gasteiger partial charge in [0, 0.05) is 39.8 Å². The first kappa shape index (κ1) is 30.0. The summed E-state index contributed by atoms with van der Waals surface area (Å²) in [5.74, 6) is 1.69. The Morgan fingerprint density at radius 1 is 0.288 bits per heavy atom. The monoisotopic (exact) mass is 663 g/mol. The van der Waals surface area contributed by atoms with Gasteiger partial charge in [0.2, 0.25) is 0 Å². The number of fused-ring (bicyclic) bond motifs is 7. The molecule has 0 aromatic heterocycles. The molecule has 0 N–H and O–H groups in total. The van der Waals surface area contributed by atoms with Crippen molar-refractivity contribution in [2.75, 3.05) is 4.90 Å². The van der Waals surface area contributed by atoms with Gasteiger partial charge in [0.05, 0.1) is 0 Å². The van der Waals surface area contributed by atoms with Gasteiger partial charge in [0.25, 0.3) is 0 Å². The van der Waals surface area contributed by atoms with Crippen molar-refractivity contribution in [2.24, 2.45) is 0 Å². The fourth-order valence-electron chi connectivity index (χ4n) is 7.65. The molecule has 1 heterocycles. The molecule has 0 saturated carbocycles. The number of nitrogens with zero attached hydrogens (tertiary/aromatic N) is 1. The quantitative estimate of drug-likeness (QED) is 0.182. The maximum Gasteiger partial charge on any atom is 0.143 e.